The summed E-state index contributed by atoms with van der Waals surface area (Å²) in [7, 11) is -3.76. The lowest BCUT2D eigenvalue weighted by Crippen LogP contribution is -2.41. The highest BCUT2D eigenvalue weighted by Gasteiger charge is 2.34. The number of hydrogen-bond donors (Lipinski definition) is 1. The fourth-order valence-corrected chi connectivity index (χ4v) is 6.06. The van der Waals surface area contributed by atoms with Gasteiger partial charge in [0.05, 0.1) is 6.33 Å². The molecule has 8 heteroatoms. The first-order chi connectivity index (χ1) is 16.3. The van der Waals surface area contributed by atoms with E-state index >= 15 is 0 Å². The van der Waals surface area contributed by atoms with Crippen molar-refractivity contribution in [2.24, 2.45) is 11.1 Å². The second-order valence-corrected chi connectivity index (χ2v) is 11.6. The van der Waals surface area contributed by atoms with Gasteiger partial charge in [-0.2, -0.15) is 0 Å². The number of hydrogen-bond acceptors (Lipinski definition) is 4. The summed E-state index contributed by atoms with van der Waals surface area (Å²) < 4.78 is 24.7. The quantitative estimate of drug-likeness (QED) is 0.483. The van der Waals surface area contributed by atoms with Crippen LogP contribution in [-0.2, 0) is 35.8 Å². The molecule has 0 bridgehead atoms. The number of aryl methyl sites for hydroxylation is 2. The molecule has 5 rings (SSSR count). The summed E-state index contributed by atoms with van der Waals surface area (Å²) in [6.45, 7) is 4.32. The van der Waals surface area contributed by atoms with Crippen molar-refractivity contribution in [2.75, 3.05) is 19.6 Å². The van der Waals surface area contributed by atoms with Crippen LogP contribution in [0, 0.1) is 5.92 Å². The van der Waals surface area contributed by atoms with E-state index in [0.29, 0.717) is 18.4 Å². The number of sulfonamides is 1. The number of nitrogens with zero attached hydrogens (tertiary/aromatic N) is 3. The summed E-state index contributed by atoms with van der Waals surface area (Å²) in [5.74, 6) is 1.13. The third-order valence-corrected chi connectivity index (χ3v) is 8.26. The van der Waals surface area contributed by atoms with E-state index in [1.165, 1.54) is 60.8 Å². The summed E-state index contributed by atoms with van der Waals surface area (Å²) in [4.78, 5) is 6.48. The molecule has 0 spiro atoms. The molecule has 0 amide bonds. The van der Waals surface area contributed by atoms with Crippen LogP contribution in [0.1, 0.15) is 41.0 Å². The van der Waals surface area contributed by atoms with Crippen molar-refractivity contribution < 1.29 is 8.42 Å². The lowest BCUT2D eigenvalue weighted by Gasteiger charge is -2.35. The first-order valence-corrected chi connectivity index (χ1v) is 13.9. The Labute approximate surface area is 206 Å². The van der Waals surface area contributed by atoms with Crippen molar-refractivity contribution in [1.29, 1.82) is 0 Å². The lowest BCUT2D eigenvalue weighted by atomic mass is 9.85. The minimum Gasteiger partial charge on any atom is -0.336 e. The molecule has 1 fully saturated rings. The molecule has 2 aliphatic rings. The number of likely N-dealkylation sites (tertiary alicyclic amines) is 1. The van der Waals surface area contributed by atoms with Crippen LogP contribution < -0.4 is 5.14 Å². The number of primary sulfonamides is 1. The predicted molar refractivity (Wildman–Crippen MR) is 135 cm³/mol. The van der Waals surface area contributed by atoms with Crippen molar-refractivity contribution in [2.45, 2.75) is 49.6 Å². The smallest absolute Gasteiger partial charge is 0.257 e. The maximum absolute atomic E-state index is 11.4. The van der Waals surface area contributed by atoms with Crippen molar-refractivity contribution in [3.8, 4) is 0 Å². The molecule has 1 aliphatic carbocycles. The van der Waals surface area contributed by atoms with Gasteiger partial charge in [0.1, 0.15) is 0 Å². The van der Waals surface area contributed by atoms with Crippen LogP contribution in [-0.4, -0.2) is 42.5 Å². The number of fused-ring (bicyclic) bond motifs is 1. The molecule has 34 heavy (non-hydrogen) atoms. The third kappa shape index (κ3) is 5.38. The zero-order valence-electron chi connectivity index (χ0n) is 19.2. The first-order valence-electron chi connectivity index (χ1n) is 12.0. The Balaban J connectivity index is 1.29. The fourth-order valence-electron chi connectivity index (χ4n) is 5.37. The maximum Gasteiger partial charge on any atom is 0.257 e. The lowest BCUT2D eigenvalue weighted by molar-refractivity contribution is 0.145. The van der Waals surface area contributed by atoms with E-state index in [9.17, 15) is 8.42 Å². The van der Waals surface area contributed by atoms with E-state index in [1.807, 2.05) is 12.1 Å². The molecule has 1 saturated heterocycles. The Bertz CT molecular complexity index is 1270. The van der Waals surface area contributed by atoms with Crippen LogP contribution in [0.3, 0.4) is 0 Å². The van der Waals surface area contributed by atoms with Gasteiger partial charge >= 0.3 is 0 Å². The molecule has 2 atom stereocenters. The summed E-state index contributed by atoms with van der Waals surface area (Å²) in [6.07, 6.45) is 8.33. The van der Waals surface area contributed by atoms with Gasteiger partial charge in [0, 0.05) is 24.3 Å². The molecule has 0 radical (unpaired) electrons. The molecule has 0 saturated carbocycles. The number of imidazole rings is 1. The predicted octanol–water partition coefficient (Wildman–Crippen LogP) is 4.02. The van der Waals surface area contributed by atoms with Crippen LogP contribution in [0.25, 0.3) is 0 Å². The van der Waals surface area contributed by atoms with Crippen LogP contribution >= 0.6 is 11.6 Å². The van der Waals surface area contributed by atoms with Gasteiger partial charge < -0.3 is 9.47 Å². The van der Waals surface area contributed by atoms with E-state index in [1.54, 1.807) is 4.57 Å². The second-order valence-electron chi connectivity index (χ2n) is 9.69. The van der Waals surface area contributed by atoms with Gasteiger partial charge in [-0.25, -0.2) is 18.5 Å². The van der Waals surface area contributed by atoms with Gasteiger partial charge in [-0.1, -0.05) is 41.9 Å². The number of halogens is 1. The molecule has 3 aromatic rings. The van der Waals surface area contributed by atoms with E-state index in [0.717, 1.165) is 30.7 Å². The topological polar surface area (TPSA) is 81.2 Å². The fraction of sp³-hybridized carbons (Fsp3) is 0.423. The molecule has 2 N–H and O–H groups in total. The molecule has 1 aromatic heterocycles. The Hall–Kier alpha value is -2.19. The summed E-state index contributed by atoms with van der Waals surface area (Å²) in [5, 5.41) is 5.88. The van der Waals surface area contributed by atoms with E-state index < -0.39 is 10.0 Å². The summed E-state index contributed by atoms with van der Waals surface area (Å²) in [6, 6.07) is 15.3. The largest absolute Gasteiger partial charge is 0.336 e. The minimum atomic E-state index is -3.76. The number of rotatable bonds is 9. The van der Waals surface area contributed by atoms with Gasteiger partial charge in [0.15, 0.2) is 5.03 Å². The van der Waals surface area contributed by atoms with Crippen molar-refractivity contribution in [3.63, 3.8) is 0 Å². The van der Waals surface area contributed by atoms with Crippen LogP contribution in [0.4, 0.5) is 0 Å². The first kappa shape index (κ1) is 23.5. The minimum absolute atomic E-state index is 0.0814. The van der Waals surface area contributed by atoms with Crippen molar-refractivity contribution in [3.05, 3.63) is 82.3 Å². The normalized spacial score (nSPS) is 20.3. The standard InChI is InChI=1S/C26H31ClN4O2S/c27-23-6-1-4-20(12-23)14-25-22(16-30-10-3-11-30)15-21-8-7-19(13-24(21)25)5-2-9-31-17-26(29-18-31)34(28,32)33/h1,4,6-8,12-13,17-18,22,25H,2-3,5,9-11,14-16H2,(H2,28,32,33). The highest BCUT2D eigenvalue weighted by molar-refractivity contribution is 7.89. The molecular weight excluding hydrogens is 468 g/mol. The van der Waals surface area contributed by atoms with Crippen molar-refractivity contribution >= 4 is 21.6 Å². The van der Waals surface area contributed by atoms with Gasteiger partial charge in [-0.3, -0.25) is 0 Å². The van der Waals surface area contributed by atoms with Crippen LogP contribution in [0.15, 0.2) is 60.0 Å². The van der Waals surface area contributed by atoms with Crippen LogP contribution in [0.5, 0.6) is 0 Å². The highest BCUT2D eigenvalue weighted by Crippen LogP contribution is 2.42. The molecule has 1 aliphatic heterocycles. The van der Waals surface area contributed by atoms with Crippen molar-refractivity contribution in [1.82, 2.24) is 14.5 Å². The molecule has 2 heterocycles. The van der Waals surface area contributed by atoms with Crippen LogP contribution in [0.2, 0.25) is 5.02 Å². The zero-order valence-corrected chi connectivity index (χ0v) is 20.8. The van der Waals surface area contributed by atoms with E-state index in [4.69, 9.17) is 16.7 Å². The van der Waals surface area contributed by atoms with E-state index in [-0.39, 0.29) is 5.03 Å². The maximum atomic E-state index is 11.4. The average Bonchev–Trinajstić information content (AvgIpc) is 3.36. The summed E-state index contributed by atoms with van der Waals surface area (Å²) in [5.41, 5.74) is 5.59. The molecule has 180 valence electrons. The Morgan fingerprint density at radius 3 is 2.68 bits per heavy atom. The Kier molecular flexibility index (Phi) is 6.80. The van der Waals surface area contributed by atoms with Gasteiger partial charge in [-0.15, -0.1) is 0 Å². The molecule has 2 unspecified atom stereocenters. The molecule has 6 nitrogen and oxygen atoms in total. The van der Waals surface area contributed by atoms with E-state index in [2.05, 4.69) is 40.2 Å². The molecular formula is C26H31ClN4O2S. The number of aromatic nitrogens is 2. The number of nitrogens with two attached hydrogens (primary N) is 1. The van der Waals surface area contributed by atoms with Gasteiger partial charge in [0.2, 0.25) is 0 Å². The highest BCUT2D eigenvalue weighted by atomic mass is 35.5. The zero-order chi connectivity index (χ0) is 23.7. The summed E-state index contributed by atoms with van der Waals surface area (Å²) >= 11 is 6.29. The second kappa shape index (κ2) is 9.82. The SMILES string of the molecule is NS(=O)(=O)c1cn(CCCc2ccc3c(c2)C(Cc2cccc(Cl)c2)C(CN2CCC2)C3)cn1. The van der Waals surface area contributed by atoms with Gasteiger partial charge in [-0.05, 0) is 91.4 Å². The molecule has 2 aromatic carbocycles. The number of benzene rings is 2. The van der Waals surface area contributed by atoms with Gasteiger partial charge in [0.25, 0.3) is 10.0 Å². The average molecular weight is 499 g/mol. The monoisotopic (exact) mass is 498 g/mol. The third-order valence-electron chi connectivity index (χ3n) is 7.23. The Morgan fingerprint density at radius 2 is 1.97 bits per heavy atom. The Morgan fingerprint density at radius 1 is 1.12 bits per heavy atom.